The molecule has 1 heterocycles. The van der Waals surface area contributed by atoms with Crippen LogP contribution in [0.3, 0.4) is 0 Å². The summed E-state index contributed by atoms with van der Waals surface area (Å²) in [7, 11) is 1.85. The molecule has 0 radical (unpaired) electrons. The van der Waals surface area contributed by atoms with Gasteiger partial charge < -0.3 is 10.6 Å². The fraction of sp³-hybridized carbons (Fsp3) is 0.429. The molecule has 0 unspecified atom stereocenters. The lowest BCUT2D eigenvalue weighted by Crippen LogP contribution is -2.14. The van der Waals surface area contributed by atoms with E-state index in [2.05, 4.69) is 39.8 Å². The average molecular weight is 362 g/mol. The molecule has 140 valence electrons. The van der Waals surface area contributed by atoms with Gasteiger partial charge in [0.2, 0.25) is 5.95 Å². The van der Waals surface area contributed by atoms with E-state index in [4.69, 9.17) is 10.5 Å². The molecule has 1 saturated carbocycles. The van der Waals surface area contributed by atoms with Crippen molar-refractivity contribution in [2.75, 3.05) is 24.2 Å². The first-order valence-corrected chi connectivity index (χ1v) is 9.62. The van der Waals surface area contributed by atoms with Gasteiger partial charge in [-0.15, -0.1) is 0 Å². The normalized spacial score (nSPS) is 17.3. The molecule has 1 aromatic heterocycles. The van der Waals surface area contributed by atoms with Crippen molar-refractivity contribution >= 4 is 22.9 Å². The Bertz CT molecular complexity index is 898. The van der Waals surface area contributed by atoms with E-state index in [1.807, 2.05) is 25.4 Å². The fourth-order valence-electron chi connectivity index (χ4n) is 3.50. The molecule has 1 fully saturated rings. The molecule has 27 heavy (non-hydrogen) atoms. The number of hydrogen-bond donors (Lipinski definition) is 3. The number of hydrogen-bond acceptors (Lipinski definition) is 6. The SMILES string of the molecule is CNc1cc(C2=CCCCc3nc(NCC4(C)CC4)ncc32)ccc1N=N. The van der Waals surface area contributed by atoms with Gasteiger partial charge in [-0.25, -0.2) is 15.5 Å². The van der Waals surface area contributed by atoms with E-state index < -0.39 is 0 Å². The first kappa shape index (κ1) is 17.6. The van der Waals surface area contributed by atoms with Crippen molar-refractivity contribution in [3.8, 4) is 0 Å². The van der Waals surface area contributed by atoms with Crippen molar-refractivity contribution in [1.82, 2.24) is 9.97 Å². The monoisotopic (exact) mass is 362 g/mol. The minimum Gasteiger partial charge on any atom is -0.386 e. The summed E-state index contributed by atoms with van der Waals surface area (Å²) in [6.07, 6.45) is 9.87. The summed E-state index contributed by atoms with van der Waals surface area (Å²) >= 11 is 0. The Balaban J connectivity index is 1.65. The second-order valence-corrected chi connectivity index (χ2v) is 7.82. The number of anilines is 2. The molecule has 6 heteroatoms. The highest BCUT2D eigenvalue weighted by molar-refractivity contribution is 5.84. The molecule has 1 aromatic carbocycles. The van der Waals surface area contributed by atoms with Crippen LogP contribution in [-0.4, -0.2) is 23.6 Å². The van der Waals surface area contributed by atoms with Crippen molar-refractivity contribution in [1.29, 1.82) is 5.53 Å². The zero-order valence-electron chi connectivity index (χ0n) is 16.0. The van der Waals surface area contributed by atoms with Crippen LogP contribution in [0.15, 0.2) is 35.6 Å². The Labute approximate surface area is 160 Å². The smallest absolute Gasteiger partial charge is 0.222 e. The molecule has 0 amide bonds. The highest BCUT2D eigenvalue weighted by atomic mass is 15.1. The first-order chi connectivity index (χ1) is 13.1. The maximum Gasteiger partial charge on any atom is 0.222 e. The molecule has 2 aliphatic carbocycles. The second-order valence-electron chi connectivity index (χ2n) is 7.82. The minimum atomic E-state index is 0.426. The summed E-state index contributed by atoms with van der Waals surface area (Å²) in [5.74, 6) is 0.738. The van der Waals surface area contributed by atoms with Crippen molar-refractivity contribution < 1.29 is 0 Å². The number of aromatic nitrogens is 2. The van der Waals surface area contributed by atoms with Crippen molar-refractivity contribution in [3.05, 3.63) is 47.3 Å². The molecule has 0 spiro atoms. The van der Waals surface area contributed by atoms with E-state index in [0.717, 1.165) is 59.8 Å². The molecule has 0 aliphatic heterocycles. The van der Waals surface area contributed by atoms with Gasteiger partial charge in [-0.1, -0.05) is 19.1 Å². The van der Waals surface area contributed by atoms with Crippen LogP contribution in [0.4, 0.5) is 17.3 Å². The standard InChI is InChI=1S/C21H26N6/c1-21(9-10-21)13-25-20-24-12-16-15(5-3-4-6-17(16)26-20)14-7-8-18(27-22)19(11-14)23-2/h5,7-8,11-12,22-23H,3-4,6,9-10,13H2,1-2H3,(H,24,25,26). The zero-order valence-corrected chi connectivity index (χ0v) is 16.0. The van der Waals surface area contributed by atoms with Crippen molar-refractivity contribution in [3.63, 3.8) is 0 Å². The molecule has 0 bridgehead atoms. The van der Waals surface area contributed by atoms with Crippen molar-refractivity contribution in [2.45, 2.75) is 39.0 Å². The zero-order chi connectivity index (χ0) is 18.9. The van der Waals surface area contributed by atoms with E-state index in [9.17, 15) is 0 Å². The highest BCUT2D eigenvalue weighted by Gasteiger charge is 2.37. The van der Waals surface area contributed by atoms with Crippen LogP contribution in [-0.2, 0) is 6.42 Å². The van der Waals surface area contributed by atoms with Crippen LogP contribution >= 0.6 is 0 Å². The van der Waals surface area contributed by atoms with Gasteiger partial charge in [0.25, 0.3) is 0 Å². The van der Waals surface area contributed by atoms with E-state index >= 15 is 0 Å². The fourth-order valence-corrected chi connectivity index (χ4v) is 3.50. The van der Waals surface area contributed by atoms with Gasteiger partial charge >= 0.3 is 0 Å². The van der Waals surface area contributed by atoms with Gasteiger partial charge in [-0.05, 0) is 60.8 Å². The summed E-state index contributed by atoms with van der Waals surface area (Å²) in [5.41, 5.74) is 13.7. The minimum absolute atomic E-state index is 0.426. The summed E-state index contributed by atoms with van der Waals surface area (Å²) in [5, 5.41) is 10.1. The van der Waals surface area contributed by atoms with Crippen LogP contribution in [0.1, 0.15) is 49.4 Å². The second kappa shape index (κ2) is 7.10. The van der Waals surface area contributed by atoms with Crippen molar-refractivity contribution in [2.24, 2.45) is 10.5 Å². The van der Waals surface area contributed by atoms with Crippen LogP contribution in [0.2, 0.25) is 0 Å². The Kier molecular flexibility index (Phi) is 4.64. The predicted octanol–water partition coefficient (Wildman–Crippen LogP) is 5.16. The molecule has 2 aliphatic rings. The quantitative estimate of drug-likeness (QED) is 0.619. The number of fused-ring (bicyclic) bond motifs is 1. The number of rotatable bonds is 6. The van der Waals surface area contributed by atoms with Crippen LogP contribution < -0.4 is 10.6 Å². The third kappa shape index (κ3) is 3.70. The molecule has 4 rings (SSSR count). The van der Waals surface area contributed by atoms with Crippen LogP contribution in [0.5, 0.6) is 0 Å². The molecule has 0 atom stereocenters. The number of nitrogens with zero attached hydrogens (tertiary/aromatic N) is 3. The van der Waals surface area contributed by atoms with E-state index in [0.29, 0.717) is 11.1 Å². The lowest BCUT2D eigenvalue weighted by Gasteiger charge is -2.15. The van der Waals surface area contributed by atoms with Gasteiger partial charge in [-0.3, -0.25) is 0 Å². The third-order valence-electron chi connectivity index (χ3n) is 5.60. The Hall–Kier alpha value is -2.76. The maximum atomic E-state index is 7.31. The maximum absolute atomic E-state index is 7.31. The van der Waals surface area contributed by atoms with E-state index in [1.54, 1.807) is 0 Å². The summed E-state index contributed by atoms with van der Waals surface area (Å²) in [6, 6.07) is 5.95. The molecule has 0 saturated heterocycles. The Morgan fingerprint density at radius 2 is 2.15 bits per heavy atom. The average Bonchev–Trinajstić information content (AvgIpc) is 3.47. The van der Waals surface area contributed by atoms with E-state index in [-0.39, 0.29) is 0 Å². The largest absolute Gasteiger partial charge is 0.386 e. The lowest BCUT2D eigenvalue weighted by atomic mass is 9.97. The van der Waals surface area contributed by atoms with Crippen LogP contribution in [0, 0.1) is 10.9 Å². The summed E-state index contributed by atoms with van der Waals surface area (Å²) in [4.78, 5) is 9.42. The van der Waals surface area contributed by atoms with Gasteiger partial charge in [0.15, 0.2) is 0 Å². The molecular formula is C21H26N6. The van der Waals surface area contributed by atoms with E-state index in [1.165, 1.54) is 12.8 Å². The topological polar surface area (TPSA) is 86.1 Å². The van der Waals surface area contributed by atoms with Gasteiger partial charge in [0, 0.05) is 25.4 Å². The highest BCUT2D eigenvalue weighted by Crippen LogP contribution is 2.44. The third-order valence-corrected chi connectivity index (χ3v) is 5.60. The van der Waals surface area contributed by atoms with Gasteiger partial charge in [-0.2, -0.15) is 5.11 Å². The number of nitrogens with one attached hydrogen (secondary N) is 3. The number of allylic oxidation sites excluding steroid dienone is 1. The number of benzene rings is 1. The molecular weight excluding hydrogens is 336 g/mol. The first-order valence-electron chi connectivity index (χ1n) is 9.62. The molecule has 6 nitrogen and oxygen atoms in total. The Morgan fingerprint density at radius 3 is 2.89 bits per heavy atom. The molecule has 3 N–H and O–H groups in total. The summed E-state index contributed by atoms with van der Waals surface area (Å²) < 4.78 is 0. The predicted molar refractivity (Wildman–Crippen MR) is 109 cm³/mol. The van der Waals surface area contributed by atoms with Crippen LogP contribution in [0.25, 0.3) is 5.57 Å². The van der Waals surface area contributed by atoms with Gasteiger partial charge in [0.1, 0.15) is 5.69 Å². The summed E-state index contributed by atoms with van der Waals surface area (Å²) in [6.45, 7) is 3.24. The number of aryl methyl sites for hydroxylation is 1. The Morgan fingerprint density at radius 1 is 1.30 bits per heavy atom. The van der Waals surface area contributed by atoms with Gasteiger partial charge in [0.05, 0.1) is 11.4 Å². The lowest BCUT2D eigenvalue weighted by molar-refractivity contribution is 0.607. The molecule has 2 aromatic rings.